The fourth-order valence-electron chi connectivity index (χ4n) is 2.86. The van der Waals surface area contributed by atoms with E-state index >= 15 is 0 Å². The van der Waals surface area contributed by atoms with Crippen LogP contribution in [-0.4, -0.2) is 49.1 Å². The van der Waals surface area contributed by atoms with E-state index in [1.54, 1.807) is 0 Å². The second-order valence-corrected chi connectivity index (χ2v) is 5.16. The molecule has 88 valence electrons. The van der Waals surface area contributed by atoms with Crippen molar-refractivity contribution in [3.8, 4) is 0 Å². The Bertz CT molecular complexity index is 158. The predicted octanol–water partition coefficient (Wildman–Crippen LogP) is 2.35. The van der Waals surface area contributed by atoms with Crippen LogP contribution in [0.25, 0.3) is 0 Å². The molecule has 0 N–H and O–H groups in total. The molecular weight excluding hydrogens is 184 g/mol. The minimum Gasteiger partial charge on any atom is -0.303 e. The molecule has 0 radical (unpaired) electrons. The molecule has 0 amide bonds. The molecule has 2 saturated heterocycles. The SMILES string of the molecule is C1CCN(CCCCN2CCCC2)CC1. The van der Waals surface area contributed by atoms with Gasteiger partial charge in [0.05, 0.1) is 0 Å². The molecule has 15 heavy (non-hydrogen) atoms. The average molecular weight is 210 g/mol. The summed E-state index contributed by atoms with van der Waals surface area (Å²) in [5.74, 6) is 0. The first kappa shape index (κ1) is 11.4. The first-order chi connectivity index (χ1) is 7.45. The maximum Gasteiger partial charge on any atom is -0.00183 e. The van der Waals surface area contributed by atoms with E-state index in [0.717, 1.165) is 0 Å². The Labute approximate surface area is 94.6 Å². The second-order valence-electron chi connectivity index (χ2n) is 5.16. The molecule has 2 heteroatoms. The van der Waals surface area contributed by atoms with Crippen molar-refractivity contribution in [3.05, 3.63) is 0 Å². The summed E-state index contributed by atoms with van der Waals surface area (Å²) < 4.78 is 0. The molecule has 0 atom stereocenters. The molecule has 0 aromatic rings. The molecule has 2 aliphatic rings. The normalized spacial score (nSPS) is 24.8. The summed E-state index contributed by atoms with van der Waals surface area (Å²) in [6.07, 6.45) is 10.0. The number of piperidine rings is 1. The van der Waals surface area contributed by atoms with Gasteiger partial charge in [-0.2, -0.15) is 0 Å². The second kappa shape index (κ2) is 6.49. The highest BCUT2D eigenvalue weighted by Gasteiger charge is 2.12. The van der Waals surface area contributed by atoms with Gasteiger partial charge in [-0.1, -0.05) is 6.42 Å². The first-order valence-corrected chi connectivity index (χ1v) is 6.90. The Kier molecular flexibility index (Phi) is 4.94. The van der Waals surface area contributed by atoms with Crippen molar-refractivity contribution in [2.45, 2.75) is 44.9 Å². The topological polar surface area (TPSA) is 6.48 Å². The average Bonchev–Trinajstić information content (AvgIpc) is 2.79. The van der Waals surface area contributed by atoms with Crippen molar-refractivity contribution in [3.63, 3.8) is 0 Å². The lowest BCUT2D eigenvalue weighted by Gasteiger charge is -2.26. The maximum absolute atomic E-state index is 2.66. The van der Waals surface area contributed by atoms with Gasteiger partial charge in [-0.3, -0.25) is 0 Å². The van der Waals surface area contributed by atoms with Crippen LogP contribution in [-0.2, 0) is 0 Å². The van der Waals surface area contributed by atoms with Crippen molar-refractivity contribution in [1.29, 1.82) is 0 Å². The van der Waals surface area contributed by atoms with Gasteiger partial charge < -0.3 is 9.80 Å². The fourth-order valence-corrected chi connectivity index (χ4v) is 2.86. The summed E-state index contributed by atoms with van der Waals surface area (Å²) in [6, 6.07) is 0. The predicted molar refractivity (Wildman–Crippen MR) is 65.2 cm³/mol. The van der Waals surface area contributed by atoms with E-state index in [-0.39, 0.29) is 0 Å². The molecule has 0 spiro atoms. The van der Waals surface area contributed by atoms with Crippen molar-refractivity contribution >= 4 is 0 Å². The van der Waals surface area contributed by atoms with Gasteiger partial charge in [-0.05, 0) is 77.8 Å². The lowest BCUT2D eigenvalue weighted by atomic mass is 10.1. The molecule has 0 bridgehead atoms. The minimum atomic E-state index is 1.36. The zero-order chi connectivity index (χ0) is 10.3. The van der Waals surface area contributed by atoms with Crippen LogP contribution in [0, 0.1) is 0 Å². The summed E-state index contributed by atoms with van der Waals surface area (Å²) in [4.78, 5) is 5.30. The van der Waals surface area contributed by atoms with Crippen molar-refractivity contribution in [1.82, 2.24) is 9.80 Å². The van der Waals surface area contributed by atoms with Crippen molar-refractivity contribution in [2.24, 2.45) is 0 Å². The minimum absolute atomic E-state index is 1.36. The number of likely N-dealkylation sites (tertiary alicyclic amines) is 2. The van der Waals surface area contributed by atoms with Crippen LogP contribution in [0.3, 0.4) is 0 Å². The van der Waals surface area contributed by atoms with Gasteiger partial charge in [0, 0.05) is 0 Å². The van der Waals surface area contributed by atoms with Crippen LogP contribution < -0.4 is 0 Å². The van der Waals surface area contributed by atoms with E-state index < -0.39 is 0 Å². The van der Waals surface area contributed by atoms with E-state index in [4.69, 9.17) is 0 Å². The highest BCUT2D eigenvalue weighted by Crippen LogP contribution is 2.11. The summed E-state index contributed by atoms with van der Waals surface area (Å²) >= 11 is 0. The largest absolute Gasteiger partial charge is 0.303 e. The zero-order valence-corrected chi connectivity index (χ0v) is 10.1. The molecular formula is C13H26N2. The highest BCUT2D eigenvalue weighted by atomic mass is 15.1. The Morgan fingerprint density at radius 1 is 0.533 bits per heavy atom. The summed E-state index contributed by atoms with van der Waals surface area (Å²) in [5.41, 5.74) is 0. The Morgan fingerprint density at radius 2 is 0.933 bits per heavy atom. The first-order valence-electron chi connectivity index (χ1n) is 6.90. The lowest BCUT2D eigenvalue weighted by molar-refractivity contribution is 0.219. The summed E-state index contributed by atoms with van der Waals surface area (Å²) in [7, 11) is 0. The number of nitrogens with zero attached hydrogens (tertiary/aromatic N) is 2. The van der Waals surface area contributed by atoms with Crippen LogP contribution >= 0.6 is 0 Å². The number of rotatable bonds is 5. The molecule has 0 aromatic carbocycles. The highest BCUT2D eigenvalue weighted by molar-refractivity contribution is 4.67. The van der Waals surface area contributed by atoms with E-state index in [2.05, 4.69) is 9.80 Å². The number of hydrogen-bond acceptors (Lipinski definition) is 2. The standard InChI is InChI=1S/C13H26N2/c1-2-8-14(9-3-1)10-4-5-11-15-12-6-7-13-15/h1-13H2. The third-order valence-corrected chi connectivity index (χ3v) is 3.85. The van der Waals surface area contributed by atoms with Crippen molar-refractivity contribution < 1.29 is 0 Å². The Balaban J connectivity index is 1.47. The van der Waals surface area contributed by atoms with Gasteiger partial charge >= 0.3 is 0 Å². The third-order valence-electron chi connectivity index (χ3n) is 3.85. The van der Waals surface area contributed by atoms with Crippen LogP contribution in [0.1, 0.15) is 44.9 Å². The summed E-state index contributed by atoms with van der Waals surface area (Å²) in [6.45, 7) is 8.17. The maximum atomic E-state index is 2.66. The van der Waals surface area contributed by atoms with Gasteiger partial charge in [0.25, 0.3) is 0 Å². The smallest absolute Gasteiger partial charge is 0.00183 e. The number of unbranched alkanes of at least 4 members (excludes halogenated alkanes) is 1. The quantitative estimate of drug-likeness (QED) is 0.643. The molecule has 2 rings (SSSR count). The van der Waals surface area contributed by atoms with E-state index in [9.17, 15) is 0 Å². The van der Waals surface area contributed by atoms with Gasteiger partial charge in [0.2, 0.25) is 0 Å². The molecule has 2 heterocycles. The Morgan fingerprint density at radius 3 is 1.40 bits per heavy atom. The molecule has 0 unspecified atom stereocenters. The van der Waals surface area contributed by atoms with Gasteiger partial charge in [0.15, 0.2) is 0 Å². The van der Waals surface area contributed by atoms with Crippen molar-refractivity contribution in [2.75, 3.05) is 39.3 Å². The Hall–Kier alpha value is -0.0800. The van der Waals surface area contributed by atoms with E-state index in [1.807, 2.05) is 0 Å². The lowest BCUT2D eigenvalue weighted by Crippen LogP contribution is -2.31. The molecule has 2 aliphatic heterocycles. The van der Waals surface area contributed by atoms with Crippen LogP contribution in [0.15, 0.2) is 0 Å². The zero-order valence-electron chi connectivity index (χ0n) is 10.1. The van der Waals surface area contributed by atoms with Gasteiger partial charge in [0.1, 0.15) is 0 Å². The van der Waals surface area contributed by atoms with Crippen LogP contribution in [0.4, 0.5) is 0 Å². The molecule has 0 aliphatic carbocycles. The van der Waals surface area contributed by atoms with Crippen LogP contribution in [0.5, 0.6) is 0 Å². The molecule has 2 nitrogen and oxygen atoms in total. The van der Waals surface area contributed by atoms with E-state index in [1.165, 1.54) is 84.2 Å². The third kappa shape index (κ3) is 4.12. The monoisotopic (exact) mass is 210 g/mol. The van der Waals surface area contributed by atoms with Gasteiger partial charge in [-0.25, -0.2) is 0 Å². The molecule has 0 saturated carbocycles. The molecule has 0 aromatic heterocycles. The van der Waals surface area contributed by atoms with E-state index in [0.29, 0.717) is 0 Å². The molecule has 2 fully saturated rings. The fraction of sp³-hybridized carbons (Fsp3) is 1.00. The van der Waals surface area contributed by atoms with Gasteiger partial charge in [-0.15, -0.1) is 0 Å². The number of hydrogen-bond donors (Lipinski definition) is 0. The summed E-state index contributed by atoms with van der Waals surface area (Å²) in [5, 5.41) is 0. The van der Waals surface area contributed by atoms with Crippen LogP contribution in [0.2, 0.25) is 0 Å².